The van der Waals surface area contributed by atoms with Crippen molar-refractivity contribution in [1.29, 1.82) is 0 Å². The Kier molecular flexibility index (Phi) is 5.96. The third kappa shape index (κ3) is 3.41. The van der Waals surface area contributed by atoms with Gasteiger partial charge in [-0.25, -0.2) is 0 Å². The van der Waals surface area contributed by atoms with Gasteiger partial charge < -0.3 is 0 Å². The predicted molar refractivity (Wildman–Crippen MR) is 36.2 cm³/mol. The quantitative estimate of drug-likeness (QED) is 0.463. The van der Waals surface area contributed by atoms with Crippen molar-refractivity contribution in [2.75, 3.05) is 0 Å². The molecule has 0 unspecified atom stereocenters. The van der Waals surface area contributed by atoms with Crippen LogP contribution in [0.15, 0.2) is 24.3 Å². The normalized spacial score (nSPS) is 8.45. The van der Waals surface area contributed by atoms with E-state index in [2.05, 4.69) is 16.9 Å². The van der Waals surface area contributed by atoms with Crippen molar-refractivity contribution in [2.45, 2.75) is 0 Å². The second kappa shape index (κ2) is 5.52. The van der Waals surface area contributed by atoms with Crippen molar-refractivity contribution in [3.63, 3.8) is 0 Å². The Morgan fingerprint density at radius 2 is 1.91 bits per heavy atom. The average molecular weight is 234 g/mol. The van der Waals surface area contributed by atoms with Crippen LogP contribution in [-0.4, -0.2) is 22.8 Å². The molecule has 2 nitrogen and oxygen atoms in total. The summed E-state index contributed by atoms with van der Waals surface area (Å²) < 4.78 is 0.676. The molecule has 4 heteroatoms. The molecule has 0 aliphatic carbocycles. The van der Waals surface area contributed by atoms with Crippen LogP contribution in [-0.2, 0) is 0 Å². The molecule has 0 saturated carbocycles. The van der Waals surface area contributed by atoms with E-state index in [-0.39, 0.29) is 56.9 Å². The van der Waals surface area contributed by atoms with Crippen LogP contribution in [0.3, 0.4) is 0 Å². The summed E-state index contributed by atoms with van der Waals surface area (Å²) in [4.78, 5) is 10.3. The Morgan fingerprint density at radius 3 is 2.27 bits per heavy atom. The summed E-state index contributed by atoms with van der Waals surface area (Å²) in [5.41, 5.74) is 0.238. The van der Waals surface area contributed by atoms with Gasteiger partial charge in [0, 0.05) is 0 Å². The Hall–Kier alpha value is 0.885. The molecule has 0 spiro atoms. The molecule has 1 aromatic carbocycles. The number of carboxylic acids is 1. The van der Waals surface area contributed by atoms with Crippen LogP contribution in [0.2, 0.25) is 0 Å². The SMILES string of the molecule is O=C([O-])c1ccccc1[As].[K+]. The van der Waals surface area contributed by atoms with Gasteiger partial charge in [-0.2, -0.15) is 0 Å². The summed E-state index contributed by atoms with van der Waals surface area (Å²) in [7, 11) is 0. The summed E-state index contributed by atoms with van der Waals surface area (Å²) >= 11 is 2.19. The third-order valence-electron chi connectivity index (χ3n) is 1.12. The van der Waals surface area contributed by atoms with Gasteiger partial charge in [-0.05, 0) is 0 Å². The molecule has 0 N–H and O–H groups in total. The number of carbonyl (C=O) groups excluding carboxylic acids is 1. The van der Waals surface area contributed by atoms with E-state index >= 15 is 0 Å². The predicted octanol–water partition coefficient (Wildman–Crippen LogP) is -4.15. The van der Waals surface area contributed by atoms with Crippen molar-refractivity contribution in [3.05, 3.63) is 29.8 Å². The fourth-order valence-electron chi connectivity index (χ4n) is 0.646. The second-order valence-electron chi connectivity index (χ2n) is 1.80. The van der Waals surface area contributed by atoms with Gasteiger partial charge in [0.25, 0.3) is 0 Å². The smallest absolute Gasteiger partial charge is 1.00 e. The number of aromatic carboxylic acids is 1. The molecule has 0 atom stereocenters. The van der Waals surface area contributed by atoms with E-state index in [0.29, 0.717) is 4.35 Å². The van der Waals surface area contributed by atoms with Crippen LogP contribution >= 0.6 is 0 Å². The van der Waals surface area contributed by atoms with Crippen LogP contribution in [0.5, 0.6) is 0 Å². The molecule has 0 aliphatic heterocycles. The minimum Gasteiger partial charge on any atom is 1.00 e. The fourth-order valence-corrected chi connectivity index (χ4v) is 1.17. The van der Waals surface area contributed by atoms with E-state index < -0.39 is 5.97 Å². The number of carbonyl (C=O) groups is 1. The molecule has 0 amide bonds. The molecule has 2 radical (unpaired) electrons. The molecule has 50 valence electrons. The molecule has 11 heavy (non-hydrogen) atoms. The number of rotatable bonds is 1. The van der Waals surface area contributed by atoms with E-state index in [1.807, 2.05) is 0 Å². The van der Waals surface area contributed by atoms with Gasteiger partial charge in [-0.15, -0.1) is 0 Å². The summed E-state index contributed by atoms with van der Waals surface area (Å²) in [5, 5.41) is 10.3. The van der Waals surface area contributed by atoms with Crippen LogP contribution in [0.4, 0.5) is 0 Å². The van der Waals surface area contributed by atoms with Crippen LogP contribution in [0, 0.1) is 0 Å². The summed E-state index contributed by atoms with van der Waals surface area (Å²) in [6, 6.07) is 6.68. The van der Waals surface area contributed by atoms with Crippen molar-refractivity contribution < 1.29 is 61.3 Å². The van der Waals surface area contributed by atoms with E-state index in [4.69, 9.17) is 0 Å². The molecule has 0 aromatic heterocycles. The minimum absolute atomic E-state index is 0. The molecule has 0 fully saturated rings. The van der Waals surface area contributed by atoms with Crippen LogP contribution in [0.25, 0.3) is 0 Å². The van der Waals surface area contributed by atoms with Gasteiger partial charge in [0.15, 0.2) is 0 Å². The number of benzene rings is 1. The van der Waals surface area contributed by atoms with Crippen LogP contribution < -0.4 is 60.8 Å². The first kappa shape index (κ1) is 11.9. The Morgan fingerprint density at radius 1 is 1.36 bits per heavy atom. The summed E-state index contributed by atoms with van der Waals surface area (Å²) in [6.07, 6.45) is 0. The molecule has 1 aromatic rings. The van der Waals surface area contributed by atoms with Gasteiger partial charge in [0.1, 0.15) is 0 Å². The number of hydrogen-bond acceptors (Lipinski definition) is 2. The van der Waals surface area contributed by atoms with E-state index in [1.54, 1.807) is 18.2 Å². The molecule has 0 bridgehead atoms. The average Bonchev–Trinajstić information content (AvgIpc) is 1.88. The zero-order valence-electron chi connectivity index (χ0n) is 6.07. The third-order valence-corrected chi connectivity index (χ3v) is 1.94. The van der Waals surface area contributed by atoms with Crippen molar-refractivity contribution >= 4 is 27.2 Å². The van der Waals surface area contributed by atoms with Crippen molar-refractivity contribution in [1.82, 2.24) is 0 Å². The monoisotopic (exact) mass is 234 g/mol. The minimum atomic E-state index is -1.13. The summed E-state index contributed by atoms with van der Waals surface area (Å²) in [6.45, 7) is 0. The molecule has 0 heterocycles. The van der Waals surface area contributed by atoms with Crippen molar-refractivity contribution in [2.24, 2.45) is 0 Å². The first-order valence-electron chi connectivity index (χ1n) is 2.71. The Bertz CT molecular complexity index is 262. The Labute approximate surface area is 116 Å². The van der Waals surface area contributed by atoms with Crippen LogP contribution in [0.1, 0.15) is 10.4 Å². The number of hydrogen-bond donors (Lipinski definition) is 0. The van der Waals surface area contributed by atoms with E-state index in [9.17, 15) is 9.90 Å². The van der Waals surface area contributed by atoms with Gasteiger partial charge in [-0.1, -0.05) is 0 Å². The molecular weight excluding hydrogens is 230 g/mol. The maximum absolute atomic E-state index is 10.3. The zero-order chi connectivity index (χ0) is 7.56. The fraction of sp³-hybridized carbons (Fsp3) is 0. The summed E-state index contributed by atoms with van der Waals surface area (Å²) in [5.74, 6) is -1.13. The number of carboxylic acid groups (broad SMARTS) is 1. The molecular formula is C7H4AsKO2. The Balaban J connectivity index is 0.000001000. The first-order chi connectivity index (χ1) is 4.72. The molecule has 1 rings (SSSR count). The van der Waals surface area contributed by atoms with Crippen molar-refractivity contribution in [3.8, 4) is 0 Å². The van der Waals surface area contributed by atoms with E-state index in [1.165, 1.54) is 6.07 Å². The second-order valence-corrected chi connectivity index (χ2v) is 2.82. The van der Waals surface area contributed by atoms with Gasteiger partial charge in [0.2, 0.25) is 0 Å². The topological polar surface area (TPSA) is 40.1 Å². The van der Waals surface area contributed by atoms with Gasteiger partial charge in [-0.3, -0.25) is 0 Å². The molecule has 0 aliphatic rings. The van der Waals surface area contributed by atoms with Gasteiger partial charge in [0.05, 0.1) is 0 Å². The standard InChI is InChI=1S/C7H5AsO2.K/c8-6-4-2-1-3-5(6)7(9)10;/h1-4H,(H,9,10);/q;+1/p-1. The maximum atomic E-state index is 10.3. The largest absolute Gasteiger partial charge is 1.00 e. The first-order valence-corrected chi connectivity index (χ1v) is 3.65. The molecule has 0 saturated heterocycles. The zero-order valence-corrected chi connectivity index (χ0v) is 11.1. The van der Waals surface area contributed by atoms with Gasteiger partial charge >= 0.3 is 118 Å². The van der Waals surface area contributed by atoms with E-state index in [0.717, 1.165) is 0 Å². The maximum Gasteiger partial charge on any atom is 1.00 e.